The zero-order chi connectivity index (χ0) is 37.2. The van der Waals surface area contributed by atoms with Crippen LogP contribution in [0.4, 0.5) is 15.8 Å². The van der Waals surface area contributed by atoms with Crippen LogP contribution in [0.2, 0.25) is 0 Å². The number of nitrogens with zero attached hydrogens (tertiary/aromatic N) is 1. The molecule has 0 aromatic heterocycles. The zero-order valence-electron chi connectivity index (χ0n) is 28.6. The molecule has 274 valence electrons. The maximum Gasteiger partial charge on any atom is 0.266 e. The van der Waals surface area contributed by atoms with Crippen molar-refractivity contribution in [3.8, 4) is 5.75 Å². The lowest BCUT2D eigenvalue weighted by Crippen LogP contribution is -2.45. The Labute approximate surface area is 306 Å². The Morgan fingerprint density at radius 1 is 1.02 bits per heavy atom. The van der Waals surface area contributed by atoms with Gasteiger partial charge in [-0.3, -0.25) is 28.6 Å². The van der Waals surface area contributed by atoms with Crippen molar-refractivity contribution in [2.45, 2.75) is 68.2 Å². The summed E-state index contributed by atoms with van der Waals surface area (Å²) in [5.74, 6) is -3.27. The van der Waals surface area contributed by atoms with Gasteiger partial charge in [-0.25, -0.2) is 4.39 Å². The van der Waals surface area contributed by atoms with E-state index in [1.807, 2.05) is 44.2 Å². The molecule has 4 rings (SSSR count). The van der Waals surface area contributed by atoms with Crippen molar-refractivity contribution in [2.24, 2.45) is 5.41 Å². The van der Waals surface area contributed by atoms with Gasteiger partial charge in [0.1, 0.15) is 23.0 Å². The van der Waals surface area contributed by atoms with Gasteiger partial charge in [0.25, 0.3) is 16.0 Å². The summed E-state index contributed by atoms with van der Waals surface area (Å²) in [7, 11) is -4.38. The monoisotopic (exact) mass is 759 g/mol. The number of benzene rings is 3. The molecule has 1 aliphatic heterocycles. The molecule has 0 fully saturated rings. The maximum atomic E-state index is 14.8. The number of para-hydroxylation sites is 1. The minimum absolute atomic E-state index is 0.166. The van der Waals surface area contributed by atoms with Crippen LogP contribution < -0.4 is 20.3 Å². The number of nitrogens with one attached hydrogen (secondary N) is 2. The number of carbonyl (C=O) groups is 4. The van der Waals surface area contributed by atoms with E-state index in [2.05, 4.69) is 10.6 Å². The van der Waals surface area contributed by atoms with E-state index in [0.29, 0.717) is 46.8 Å². The van der Waals surface area contributed by atoms with Gasteiger partial charge in [-0.2, -0.15) is 8.42 Å². The first kappa shape index (κ1) is 39.9. The fourth-order valence-corrected chi connectivity index (χ4v) is 7.76. The van der Waals surface area contributed by atoms with Crippen LogP contribution in [0.1, 0.15) is 64.0 Å². The molecule has 3 N–H and O–H groups in total. The van der Waals surface area contributed by atoms with Crippen LogP contribution in [0.3, 0.4) is 0 Å². The van der Waals surface area contributed by atoms with Crippen molar-refractivity contribution < 1.29 is 41.3 Å². The highest BCUT2D eigenvalue weighted by molar-refractivity contribution is 8.14. The third-order valence-corrected chi connectivity index (χ3v) is 11.0. The van der Waals surface area contributed by atoms with Crippen LogP contribution in [0.15, 0.2) is 76.5 Å². The van der Waals surface area contributed by atoms with Gasteiger partial charge in [0, 0.05) is 22.7 Å². The van der Waals surface area contributed by atoms with Crippen LogP contribution in [0.25, 0.3) is 0 Å². The number of ether oxygens (including phenoxy) is 1. The first-order valence-electron chi connectivity index (χ1n) is 16.6. The molecule has 0 aliphatic carbocycles. The number of amides is 3. The summed E-state index contributed by atoms with van der Waals surface area (Å²) in [6.45, 7) is 2.97. The fraction of sp³-hybridized carbons (Fsp3) is 0.389. The molecule has 1 aliphatic rings. The van der Waals surface area contributed by atoms with E-state index in [1.54, 1.807) is 23.3 Å². The second-order valence-corrected chi connectivity index (χ2v) is 15.4. The predicted molar refractivity (Wildman–Crippen MR) is 196 cm³/mol. The van der Waals surface area contributed by atoms with Crippen molar-refractivity contribution in [3.05, 3.63) is 78.1 Å². The van der Waals surface area contributed by atoms with Crippen molar-refractivity contribution in [1.82, 2.24) is 10.6 Å². The molecule has 0 spiro atoms. The Morgan fingerprint density at radius 3 is 2.27 bits per heavy atom. The number of anilines is 2. The van der Waals surface area contributed by atoms with Crippen LogP contribution >= 0.6 is 23.5 Å². The Balaban J connectivity index is 1.66. The molecule has 3 aromatic rings. The summed E-state index contributed by atoms with van der Waals surface area (Å²) < 4.78 is 52.0. The Morgan fingerprint density at radius 2 is 1.67 bits per heavy atom. The van der Waals surface area contributed by atoms with E-state index in [0.717, 1.165) is 30.7 Å². The van der Waals surface area contributed by atoms with E-state index < -0.39 is 58.1 Å². The van der Waals surface area contributed by atoms with Crippen LogP contribution in [0, 0.1) is 11.2 Å². The summed E-state index contributed by atoms with van der Waals surface area (Å²) in [6, 6.07) is 16.3. The smallest absolute Gasteiger partial charge is 0.266 e. The maximum absolute atomic E-state index is 14.8. The molecule has 0 saturated carbocycles. The van der Waals surface area contributed by atoms with E-state index in [-0.39, 0.29) is 22.3 Å². The van der Waals surface area contributed by atoms with Crippen molar-refractivity contribution in [2.75, 3.05) is 30.1 Å². The number of halogens is 1. The average Bonchev–Trinajstić information content (AvgIpc) is 3.18. The van der Waals surface area contributed by atoms with E-state index in [9.17, 15) is 32.0 Å². The molecule has 0 bridgehead atoms. The Bertz CT molecular complexity index is 1830. The second-order valence-electron chi connectivity index (χ2n) is 12.0. The predicted octanol–water partition coefficient (Wildman–Crippen LogP) is 6.45. The molecular weight excluding hydrogens is 718 g/mol. The summed E-state index contributed by atoms with van der Waals surface area (Å²) in [4.78, 5) is 57.7. The molecule has 1 unspecified atom stereocenters. The molecule has 11 nitrogen and oxygen atoms in total. The topological polar surface area (TPSA) is 159 Å². The van der Waals surface area contributed by atoms with E-state index >= 15 is 0 Å². The summed E-state index contributed by atoms with van der Waals surface area (Å²) >= 11 is 2.30. The highest BCUT2D eigenvalue weighted by Crippen LogP contribution is 2.51. The van der Waals surface area contributed by atoms with Gasteiger partial charge >= 0.3 is 0 Å². The molecule has 15 heteroatoms. The lowest BCUT2D eigenvalue weighted by atomic mass is 9.77. The molecule has 3 amide bonds. The van der Waals surface area contributed by atoms with Gasteiger partial charge in [0.2, 0.25) is 16.9 Å². The quantitative estimate of drug-likeness (QED) is 0.0793. The van der Waals surface area contributed by atoms with Crippen molar-refractivity contribution in [3.63, 3.8) is 0 Å². The number of rotatable bonds is 17. The standard InChI is InChI=1S/C36H42FN3O8S3/c1-4-6-17-36(18-7-5-2)34(43)40(24-13-9-8-10-14-24)27-21-30(49-3)28(22-29(27)50-35(36)44)48-23-31(41)39-32(25-15-11-12-16-26(25)37)33(42)38-19-20-51(45,46)47/h8-16,21-22,32H,4-7,17-20,23H2,1-3H3,(H,38,42)(H,39,41)(H,45,46,47). The zero-order valence-corrected chi connectivity index (χ0v) is 31.1. The number of hydrogen-bond acceptors (Lipinski definition) is 9. The first-order valence-corrected chi connectivity index (χ1v) is 20.2. The lowest BCUT2D eigenvalue weighted by Gasteiger charge is -2.34. The van der Waals surface area contributed by atoms with Gasteiger partial charge in [0.05, 0.1) is 16.3 Å². The number of hydrogen-bond donors (Lipinski definition) is 3. The molecule has 0 radical (unpaired) electrons. The highest BCUT2D eigenvalue weighted by Gasteiger charge is 2.50. The average molecular weight is 760 g/mol. The van der Waals surface area contributed by atoms with Crippen LogP contribution in [-0.4, -0.2) is 61.0 Å². The minimum atomic E-state index is -4.38. The normalized spacial score (nSPS) is 14.7. The van der Waals surface area contributed by atoms with Gasteiger partial charge in [-0.1, -0.05) is 75.9 Å². The third-order valence-electron chi connectivity index (χ3n) is 8.42. The largest absolute Gasteiger partial charge is 0.483 e. The number of carbonyl (C=O) groups excluding carboxylic acids is 4. The van der Waals surface area contributed by atoms with Gasteiger partial charge in [-0.05, 0) is 61.2 Å². The van der Waals surface area contributed by atoms with Gasteiger partial charge < -0.3 is 15.4 Å². The number of thioether (sulfide) groups is 2. The first-order chi connectivity index (χ1) is 24.3. The van der Waals surface area contributed by atoms with E-state index in [4.69, 9.17) is 9.29 Å². The minimum Gasteiger partial charge on any atom is -0.483 e. The molecule has 51 heavy (non-hydrogen) atoms. The van der Waals surface area contributed by atoms with Crippen LogP contribution in [-0.2, 0) is 29.3 Å². The summed E-state index contributed by atoms with van der Waals surface area (Å²) in [5, 5.41) is 4.49. The second kappa shape index (κ2) is 18.0. The highest BCUT2D eigenvalue weighted by atomic mass is 32.2. The summed E-state index contributed by atoms with van der Waals surface area (Å²) in [5.41, 5.74) is -0.275. The number of fused-ring (bicyclic) bond motifs is 1. The Hall–Kier alpha value is -3.92. The molecule has 1 atom stereocenters. The third kappa shape index (κ3) is 9.90. The summed E-state index contributed by atoms with van der Waals surface area (Å²) in [6.07, 6.45) is 5.67. The number of unbranched alkanes of at least 4 members (excludes halogenated alkanes) is 2. The SMILES string of the molecule is CCCCC1(CCCC)C(=O)Sc2cc(OCC(=O)NC(C(=O)NCCS(=O)(=O)O)c3ccccc3F)c(SC)cc2N(c2ccccc2)C1=O. The Kier molecular flexibility index (Phi) is 14.1. The van der Waals surface area contributed by atoms with Gasteiger partial charge in [-0.15, -0.1) is 11.8 Å². The molecule has 1 heterocycles. The van der Waals surface area contributed by atoms with E-state index in [1.165, 1.54) is 30.0 Å². The molecule has 0 saturated heterocycles. The van der Waals surface area contributed by atoms with Gasteiger partial charge in [0.15, 0.2) is 6.61 Å². The van der Waals surface area contributed by atoms with Crippen molar-refractivity contribution in [1.29, 1.82) is 0 Å². The van der Waals surface area contributed by atoms with Crippen LogP contribution in [0.5, 0.6) is 5.75 Å². The van der Waals surface area contributed by atoms with Crippen molar-refractivity contribution >= 4 is 67.9 Å². The lowest BCUT2D eigenvalue weighted by molar-refractivity contribution is -0.136. The molecular formula is C36H42FN3O8S3. The molecule has 3 aromatic carbocycles. The fourth-order valence-electron chi connectivity index (χ4n) is 5.75.